The minimum Gasteiger partial charge on any atom is -0.436 e. The van der Waals surface area contributed by atoms with Crippen LogP contribution in [0.2, 0.25) is 0 Å². The van der Waals surface area contributed by atoms with Gasteiger partial charge < -0.3 is 14.5 Å². The smallest absolute Gasteiger partial charge is 0.238 e. The number of nitrogens with one attached hydrogen (secondary N) is 1. The fourth-order valence-electron chi connectivity index (χ4n) is 2.87. The summed E-state index contributed by atoms with van der Waals surface area (Å²) in [6.07, 6.45) is 0. The minimum atomic E-state index is -0.0342. The van der Waals surface area contributed by atoms with Gasteiger partial charge in [0, 0.05) is 24.3 Å². The van der Waals surface area contributed by atoms with Crippen molar-refractivity contribution in [2.45, 2.75) is 0 Å². The van der Waals surface area contributed by atoms with Crippen LogP contribution in [0, 0.1) is 0 Å². The molecule has 0 unspecified atom stereocenters. The van der Waals surface area contributed by atoms with Crippen molar-refractivity contribution in [2.75, 3.05) is 38.2 Å². The van der Waals surface area contributed by atoms with Gasteiger partial charge in [-0.3, -0.25) is 9.69 Å². The summed E-state index contributed by atoms with van der Waals surface area (Å²) in [5, 5.41) is 2.93. The SMILES string of the molecule is O=C(CN1CCOCC1)Nc1ccc2oc(-c3ccccc3)nc2c1. The quantitative estimate of drug-likeness (QED) is 0.793. The average molecular weight is 337 g/mol. The molecule has 0 spiro atoms. The van der Waals surface area contributed by atoms with Crippen LogP contribution in [-0.2, 0) is 9.53 Å². The maximum atomic E-state index is 12.2. The third-order valence-corrected chi connectivity index (χ3v) is 4.16. The molecule has 1 aromatic heterocycles. The average Bonchev–Trinajstić information content (AvgIpc) is 3.06. The van der Waals surface area contributed by atoms with E-state index in [9.17, 15) is 4.79 Å². The number of ether oxygens (including phenoxy) is 1. The zero-order valence-electron chi connectivity index (χ0n) is 13.8. The van der Waals surface area contributed by atoms with E-state index in [0.717, 1.165) is 29.9 Å². The molecule has 0 saturated carbocycles. The monoisotopic (exact) mass is 337 g/mol. The summed E-state index contributed by atoms with van der Waals surface area (Å²) in [4.78, 5) is 18.8. The van der Waals surface area contributed by atoms with Gasteiger partial charge in [-0.1, -0.05) is 18.2 Å². The summed E-state index contributed by atoms with van der Waals surface area (Å²) < 4.78 is 11.1. The van der Waals surface area contributed by atoms with E-state index in [1.54, 1.807) is 0 Å². The van der Waals surface area contributed by atoms with Gasteiger partial charge >= 0.3 is 0 Å². The summed E-state index contributed by atoms with van der Waals surface area (Å²) in [5.74, 6) is 0.542. The molecule has 0 bridgehead atoms. The van der Waals surface area contributed by atoms with Crippen molar-refractivity contribution >= 4 is 22.7 Å². The van der Waals surface area contributed by atoms with Crippen LogP contribution in [0.5, 0.6) is 0 Å². The van der Waals surface area contributed by atoms with Crippen molar-refractivity contribution in [1.82, 2.24) is 9.88 Å². The van der Waals surface area contributed by atoms with Gasteiger partial charge in [0.2, 0.25) is 11.8 Å². The molecule has 1 fully saturated rings. The second-order valence-electron chi connectivity index (χ2n) is 6.00. The lowest BCUT2D eigenvalue weighted by Gasteiger charge is -2.25. The Balaban J connectivity index is 1.48. The molecule has 2 heterocycles. The first kappa shape index (κ1) is 15.8. The number of nitrogens with zero attached hydrogens (tertiary/aromatic N) is 2. The van der Waals surface area contributed by atoms with E-state index in [4.69, 9.17) is 9.15 Å². The lowest BCUT2D eigenvalue weighted by molar-refractivity contribution is -0.118. The Kier molecular flexibility index (Phi) is 4.45. The summed E-state index contributed by atoms with van der Waals surface area (Å²) >= 11 is 0. The van der Waals surface area contributed by atoms with E-state index in [0.29, 0.717) is 31.2 Å². The number of carbonyl (C=O) groups excluding carboxylic acids is 1. The standard InChI is InChI=1S/C19H19N3O3/c23-18(13-22-8-10-24-11-9-22)20-15-6-7-17-16(12-15)21-19(25-17)14-4-2-1-3-5-14/h1-7,12H,8-11,13H2,(H,20,23). The Hall–Kier alpha value is -2.70. The predicted octanol–water partition coefficient (Wildman–Crippen LogP) is 2.77. The Morgan fingerprint density at radius 2 is 1.92 bits per heavy atom. The van der Waals surface area contributed by atoms with E-state index in [2.05, 4.69) is 15.2 Å². The van der Waals surface area contributed by atoms with Crippen LogP contribution in [-0.4, -0.2) is 48.6 Å². The van der Waals surface area contributed by atoms with Gasteiger partial charge in [-0.2, -0.15) is 0 Å². The van der Waals surface area contributed by atoms with Crippen LogP contribution >= 0.6 is 0 Å². The molecular formula is C19H19N3O3. The number of benzene rings is 2. The number of oxazole rings is 1. The van der Waals surface area contributed by atoms with Crippen LogP contribution in [0.15, 0.2) is 52.9 Å². The molecule has 128 valence electrons. The third-order valence-electron chi connectivity index (χ3n) is 4.16. The summed E-state index contributed by atoms with van der Waals surface area (Å²) in [7, 11) is 0. The van der Waals surface area contributed by atoms with Gasteiger partial charge in [0.15, 0.2) is 5.58 Å². The van der Waals surface area contributed by atoms with Crippen molar-refractivity contribution < 1.29 is 13.9 Å². The molecule has 2 aromatic carbocycles. The van der Waals surface area contributed by atoms with E-state index < -0.39 is 0 Å². The van der Waals surface area contributed by atoms with Crippen molar-refractivity contribution in [3.05, 3.63) is 48.5 Å². The molecule has 0 atom stereocenters. The highest BCUT2D eigenvalue weighted by Crippen LogP contribution is 2.26. The number of amides is 1. The Bertz CT molecular complexity index is 870. The molecule has 0 aliphatic carbocycles. The number of hydrogen-bond acceptors (Lipinski definition) is 5. The maximum absolute atomic E-state index is 12.2. The zero-order chi connectivity index (χ0) is 17.1. The van der Waals surface area contributed by atoms with E-state index in [1.807, 2.05) is 48.5 Å². The molecule has 1 amide bonds. The number of fused-ring (bicyclic) bond motifs is 1. The number of hydrogen-bond donors (Lipinski definition) is 1. The molecule has 6 nitrogen and oxygen atoms in total. The first-order chi connectivity index (χ1) is 12.3. The number of morpholine rings is 1. The second kappa shape index (κ2) is 7.04. The Morgan fingerprint density at radius 3 is 2.72 bits per heavy atom. The molecule has 3 aromatic rings. The van der Waals surface area contributed by atoms with Crippen LogP contribution in [0.25, 0.3) is 22.6 Å². The number of carbonyl (C=O) groups is 1. The molecule has 25 heavy (non-hydrogen) atoms. The van der Waals surface area contributed by atoms with Crippen LogP contribution in [0.4, 0.5) is 5.69 Å². The summed E-state index contributed by atoms with van der Waals surface area (Å²) in [6.45, 7) is 3.31. The predicted molar refractivity (Wildman–Crippen MR) is 95.3 cm³/mol. The van der Waals surface area contributed by atoms with Gasteiger partial charge in [-0.15, -0.1) is 0 Å². The molecule has 6 heteroatoms. The van der Waals surface area contributed by atoms with E-state index in [-0.39, 0.29) is 5.91 Å². The highest BCUT2D eigenvalue weighted by Gasteiger charge is 2.15. The van der Waals surface area contributed by atoms with Crippen molar-refractivity contribution in [3.8, 4) is 11.5 Å². The van der Waals surface area contributed by atoms with Crippen LogP contribution in [0.1, 0.15) is 0 Å². The summed E-state index contributed by atoms with van der Waals surface area (Å²) in [5.41, 5.74) is 3.07. The first-order valence-electron chi connectivity index (χ1n) is 8.34. The fourth-order valence-corrected chi connectivity index (χ4v) is 2.87. The lowest BCUT2D eigenvalue weighted by atomic mass is 10.2. The normalized spacial score (nSPS) is 15.4. The van der Waals surface area contributed by atoms with Gasteiger partial charge in [0.25, 0.3) is 0 Å². The van der Waals surface area contributed by atoms with Crippen LogP contribution in [0.3, 0.4) is 0 Å². The van der Waals surface area contributed by atoms with E-state index in [1.165, 1.54) is 0 Å². The zero-order valence-corrected chi connectivity index (χ0v) is 13.8. The van der Waals surface area contributed by atoms with Gasteiger partial charge in [-0.05, 0) is 30.3 Å². The fraction of sp³-hybridized carbons (Fsp3) is 0.263. The molecule has 4 rings (SSSR count). The number of aromatic nitrogens is 1. The lowest BCUT2D eigenvalue weighted by Crippen LogP contribution is -2.41. The molecule has 1 N–H and O–H groups in total. The van der Waals surface area contributed by atoms with Crippen molar-refractivity contribution in [3.63, 3.8) is 0 Å². The van der Waals surface area contributed by atoms with Crippen LogP contribution < -0.4 is 5.32 Å². The Morgan fingerprint density at radius 1 is 1.12 bits per heavy atom. The topological polar surface area (TPSA) is 67.6 Å². The first-order valence-corrected chi connectivity index (χ1v) is 8.34. The molecule has 1 aliphatic heterocycles. The highest BCUT2D eigenvalue weighted by molar-refractivity contribution is 5.94. The minimum absolute atomic E-state index is 0.0342. The molecule has 0 radical (unpaired) electrons. The maximum Gasteiger partial charge on any atom is 0.238 e. The van der Waals surface area contributed by atoms with Gasteiger partial charge in [0.05, 0.1) is 19.8 Å². The largest absolute Gasteiger partial charge is 0.436 e. The molecule has 1 aliphatic rings. The van der Waals surface area contributed by atoms with Gasteiger partial charge in [0.1, 0.15) is 5.52 Å². The Labute approximate surface area is 145 Å². The van der Waals surface area contributed by atoms with Crippen molar-refractivity contribution in [2.24, 2.45) is 0 Å². The number of rotatable bonds is 4. The molecule has 1 saturated heterocycles. The van der Waals surface area contributed by atoms with E-state index >= 15 is 0 Å². The second-order valence-corrected chi connectivity index (χ2v) is 6.00. The number of anilines is 1. The highest BCUT2D eigenvalue weighted by atomic mass is 16.5. The molecular weight excluding hydrogens is 318 g/mol. The van der Waals surface area contributed by atoms with Gasteiger partial charge in [-0.25, -0.2) is 4.98 Å². The van der Waals surface area contributed by atoms with Crippen molar-refractivity contribution in [1.29, 1.82) is 0 Å². The summed E-state index contributed by atoms with van der Waals surface area (Å²) in [6, 6.07) is 15.3. The third kappa shape index (κ3) is 3.70.